The smallest absolute Gasteiger partial charge is 0.271 e. The van der Waals surface area contributed by atoms with Crippen molar-refractivity contribution in [2.75, 3.05) is 0 Å². The van der Waals surface area contributed by atoms with Crippen LogP contribution in [0.15, 0.2) is 29.3 Å². The number of carbonyl (C=O) groups is 2. The number of halogens is 1. The summed E-state index contributed by atoms with van der Waals surface area (Å²) < 4.78 is 13.5. The summed E-state index contributed by atoms with van der Waals surface area (Å²) in [6.07, 6.45) is 0.272. The molecule has 2 heterocycles. The summed E-state index contributed by atoms with van der Waals surface area (Å²) in [6, 6.07) is 5.72. The Kier molecular flexibility index (Phi) is 6.45. The van der Waals surface area contributed by atoms with Crippen LogP contribution >= 0.6 is 11.3 Å². The zero-order valence-corrected chi connectivity index (χ0v) is 19.2. The van der Waals surface area contributed by atoms with Crippen LogP contribution in [0.3, 0.4) is 0 Å². The predicted molar refractivity (Wildman–Crippen MR) is 119 cm³/mol. The first-order valence-corrected chi connectivity index (χ1v) is 11.0. The number of benzene rings is 1. The fourth-order valence-electron chi connectivity index (χ4n) is 3.38. The van der Waals surface area contributed by atoms with Gasteiger partial charge in [0.2, 0.25) is 5.91 Å². The SMILES string of the molecule is Cc1sc(CN2C(=O)CC(C)(C(C)C)N=C2N)nc1C(=O)NC(C)c1cccc(F)c1. The van der Waals surface area contributed by atoms with Gasteiger partial charge in [-0.25, -0.2) is 14.4 Å². The van der Waals surface area contributed by atoms with E-state index < -0.39 is 5.54 Å². The average molecular weight is 446 g/mol. The summed E-state index contributed by atoms with van der Waals surface area (Å²) in [5.74, 6) is -0.469. The van der Waals surface area contributed by atoms with Crippen LogP contribution in [-0.4, -0.2) is 33.2 Å². The molecule has 0 fully saturated rings. The summed E-state index contributed by atoms with van der Waals surface area (Å²) in [5.41, 5.74) is 6.53. The van der Waals surface area contributed by atoms with Crippen LogP contribution in [0.4, 0.5) is 4.39 Å². The molecule has 9 heteroatoms. The van der Waals surface area contributed by atoms with Crippen molar-refractivity contribution >= 4 is 29.1 Å². The number of amides is 2. The van der Waals surface area contributed by atoms with Crippen molar-refractivity contribution in [3.63, 3.8) is 0 Å². The molecular weight excluding hydrogens is 417 g/mol. The fraction of sp³-hybridized carbons (Fsp3) is 0.455. The van der Waals surface area contributed by atoms with E-state index in [1.165, 1.54) is 28.4 Å². The van der Waals surface area contributed by atoms with E-state index in [0.717, 1.165) is 4.88 Å². The lowest BCUT2D eigenvalue weighted by Gasteiger charge is -2.37. The van der Waals surface area contributed by atoms with Gasteiger partial charge in [0.05, 0.1) is 24.5 Å². The van der Waals surface area contributed by atoms with Gasteiger partial charge < -0.3 is 11.1 Å². The normalized spacial score (nSPS) is 20.0. The Morgan fingerprint density at radius 3 is 2.71 bits per heavy atom. The van der Waals surface area contributed by atoms with Crippen molar-refractivity contribution < 1.29 is 14.0 Å². The number of nitrogens with zero attached hydrogens (tertiary/aromatic N) is 3. The number of aliphatic imine (C=N–C) groups is 1. The zero-order valence-electron chi connectivity index (χ0n) is 18.4. The average Bonchev–Trinajstić information content (AvgIpc) is 3.05. The molecular formula is C22H28FN5O2S. The maximum Gasteiger partial charge on any atom is 0.271 e. The number of nitrogens with one attached hydrogen (secondary N) is 1. The molecule has 0 radical (unpaired) electrons. The third-order valence-corrected chi connectivity index (χ3v) is 6.70. The summed E-state index contributed by atoms with van der Waals surface area (Å²) in [4.78, 5) is 36.6. The highest BCUT2D eigenvalue weighted by molar-refractivity contribution is 7.11. The van der Waals surface area contributed by atoms with Gasteiger partial charge >= 0.3 is 0 Å². The minimum Gasteiger partial charge on any atom is -0.369 e. The van der Waals surface area contributed by atoms with Crippen LogP contribution in [0.2, 0.25) is 0 Å². The molecule has 0 saturated carbocycles. The maximum atomic E-state index is 13.5. The summed E-state index contributed by atoms with van der Waals surface area (Å²) in [6.45, 7) is 9.70. The zero-order chi connectivity index (χ0) is 22.9. The topological polar surface area (TPSA) is 101 Å². The quantitative estimate of drug-likeness (QED) is 0.710. The first kappa shape index (κ1) is 22.9. The van der Waals surface area contributed by atoms with Gasteiger partial charge in [-0.05, 0) is 44.4 Å². The van der Waals surface area contributed by atoms with Gasteiger partial charge in [-0.3, -0.25) is 14.5 Å². The number of aromatic nitrogens is 1. The minimum absolute atomic E-state index is 0.109. The number of nitrogens with two attached hydrogens (primary N) is 1. The van der Waals surface area contributed by atoms with Crippen LogP contribution < -0.4 is 11.1 Å². The molecule has 2 amide bonds. The van der Waals surface area contributed by atoms with Gasteiger partial charge in [0.25, 0.3) is 5.91 Å². The van der Waals surface area contributed by atoms with Gasteiger partial charge in [-0.15, -0.1) is 11.3 Å². The largest absolute Gasteiger partial charge is 0.369 e. The summed E-state index contributed by atoms with van der Waals surface area (Å²) in [7, 11) is 0. The number of hydrogen-bond acceptors (Lipinski definition) is 6. The highest BCUT2D eigenvalue weighted by Crippen LogP contribution is 2.31. The number of rotatable bonds is 6. The van der Waals surface area contributed by atoms with E-state index in [4.69, 9.17) is 5.73 Å². The molecule has 3 rings (SSSR count). The molecule has 7 nitrogen and oxygen atoms in total. The van der Waals surface area contributed by atoms with Gasteiger partial charge in [0, 0.05) is 4.88 Å². The first-order chi connectivity index (χ1) is 14.5. The number of thiazole rings is 1. The standard InChI is InChI=1S/C22H28FN5O2S/c1-12(2)22(5)10-18(29)28(21(24)27-22)11-17-26-19(14(4)31-17)20(30)25-13(3)15-7-6-8-16(23)9-15/h6-9,12-13H,10-11H2,1-5H3,(H2,24,27)(H,25,30). The van der Waals surface area contributed by atoms with Crippen LogP contribution in [-0.2, 0) is 11.3 Å². The van der Waals surface area contributed by atoms with Crippen molar-refractivity contribution in [1.29, 1.82) is 0 Å². The molecule has 2 aromatic rings. The van der Waals surface area contributed by atoms with Gasteiger partial charge in [0.15, 0.2) is 5.96 Å². The van der Waals surface area contributed by atoms with Crippen LogP contribution in [0.5, 0.6) is 0 Å². The monoisotopic (exact) mass is 445 g/mol. The Balaban J connectivity index is 1.74. The molecule has 2 unspecified atom stereocenters. The molecule has 31 heavy (non-hydrogen) atoms. The minimum atomic E-state index is -0.519. The Bertz CT molecular complexity index is 1030. The Morgan fingerprint density at radius 1 is 1.39 bits per heavy atom. The first-order valence-electron chi connectivity index (χ1n) is 10.2. The molecule has 166 valence electrons. The van der Waals surface area contributed by atoms with Crippen LogP contribution in [0, 0.1) is 18.7 Å². The lowest BCUT2D eigenvalue weighted by molar-refractivity contribution is -0.130. The third-order valence-electron chi connectivity index (χ3n) is 5.75. The molecule has 3 N–H and O–H groups in total. The second kappa shape index (κ2) is 8.74. The highest BCUT2D eigenvalue weighted by atomic mass is 32.1. The Hall–Kier alpha value is -2.81. The van der Waals surface area contributed by atoms with Gasteiger partial charge in [-0.2, -0.15) is 0 Å². The number of aryl methyl sites for hydroxylation is 1. The molecule has 1 aliphatic heterocycles. The second-order valence-electron chi connectivity index (χ2n) is 8.40. The van der Waals surface area contributed by atoms with Gasteiger partial charge in [0.1, 0.15) is 16.5 Å². The second-order valence-corrected chi connectivity index (χ2v) is 9.69. The van der Waals surface area contributed by atoms with Gasteiger partial charge in [-0.1, -0.05) is 26.0 Å². The van der Waals surface area contributed by atoms with E-state index in [1.54, 1.807) is 26.0 Å². The molecule has 0 bridgehead atoms. The van der Waals surface area contributed by atoms with Crippen LogP contribution in [0.1, 0.15) is 66.1 Å². The van der Waals surface area contributed by atoms with E-state index in [1.807, 2.05) is 20.8 Å². The number of carbonyl (C=O) groups excluding carboxylic acids is 2. The van der Waals surface area contributed by atoms with E-state index in [-0.39, 0.29) is 54.2 Å². The van der Waals surface area contributed by atoms with Crippen molar-refractivity contribution in [1.82, 2.24) is 15.2 Å². The van der Waals surface area contributed by atoms with Crippen LogP contribution in [0.25, 0.3) is 0 Å². The number of guanidine groups is 1. The molecule has 1 aliphatic rings. The molecule has 0 aliphatic carbocycles. The maximum absolute atomic E-state index is 13.5. The van der Waals surface area contributed by atoms with E-state index in [0.29, 0.717) is 10.6 Å². The van der Waals surface area contributed by atoms with Crippen molar-refractivity contribution in [2.24, 2.45) is 16.6 Å². The highest BCUT2D eigenvalue weighted by Gasteiger charge is 2.38. The molecule has 1 aromatic heterocycles. The molecule has 2 atom stereocenters. The number of hydrogen-bond donors (Lipinski definition) is 2. The van der Waals surface area contributed by atoms with Crippen molar-refractivity contribution in [2.45, 2.75) is 59.2 Å². The third kappa shape index (κ3) is 4.92. The Morgan fingerprint density at radius 2 is 2.10 bits per heavy atom. The lowest BCUT2D eigenvalue weighted by Crippen LogP contribution is -2.51. The van der Waals surface area contributed by atoms with E-state index in [9.17, 15) is 14.0 Å². The molecule has 0 spiro atoms. The fourth-order valence-corrected chi connectivity index (χ4v) is 4.30. The van der Waals surface area contributed by atoms with E-state index >= 15 is 0 Å². The summed E-state index contributed by atoms with van der Waals surface area (Å²) >= 11 is 1.34. The molecule has 0 saturated heterocycles. The molecule has 1 aromatic carbocycles. The van der Waals surface area contributed by atoms with Crippen molar-refractivity contribution in [3.05, 3.63) is 51.2 Å². The van der Waals surface area contributed by atoms with E-state index in [2.05, 4.69) is 15.3 Å². The summed E-state index contributed by atoms with van der Waals surface area (Å²) in [5, 5.41) is 3.45. The lowest BCUT2D eigenvalue weighted by atomic mass is 9.84. The van der Waals surface area contributed by atoms with Crippen molar-refractivity contribution in [3.8, 4) is 0 Å². The predicted octanol–water partition coefficient (Wildman–Crippen LogP) is 3.54. The Labute approximate surface area is 185 Å².